The Morgan fingerprint density at radius 3 is 1.75 bits per heavy atom. The summed E-state index contributed by atoms with van der Waals surface area (Å²) in [5.41, 5.74) is 0. The van der Waals surface area contributed by atoms with E-state index in [1.807, 2.05) is 0 Å². The first-order chi connectivity index (χ1) is 1.41. The van der Waals surface area contributed by atoms with Gasteiger partial charge in [0.25, 0.3) is 0 Å². The second-order valence-electron chi connectivity index (χ2n) is 0.0913. The molecule has 0 rings (SSSR count). The van der Waals surface area contributed by atoms with E-state index >= 15 is 0 Å². The van der Waals surface area contributed by atoms with Gasteiger partial charge >= 0.3 is 6.47 Å². The molecule has 0 aliphatic heterocycles. The standard InChI is InChI=1S/CHO2.Pt/c2-1-3;/h(H,2,3);. The van der Waals surface area contributed by atoms with Gasteiger partial charge < -0.3 is 5.11 Å². The van der Waals surface area contributed by atoms with Gasteiger partial charge in [-0.1, -0.05) is 0 Å². The first-order valence-electron chi connectivity index (χ1n) is 0.428. The Labute approximate surface area is 38.1 Å². The fraction of sp³-hybridized carbons (Fsp3) is 0. The van der Waals surface area contributed by atoms with Crippen LogP contribution in [0.4, 0.5) is 0 Å². The summed E-state index contributed by atoms with van der Waals surface area (Å²) < 4.78 is 0. The zero-order valence-electron chi connectivity index (χ0n) is 1.67. The van der Waals surface area contributed by atoms with E-state index in [9.17, 15) is 0 Å². The first kappa shape index (κ1) is 8.90. The molecule has 1 radical (unpaired) electrons. The van der Waals surface area contributed by atoms with Gasteiger partial charge in [0.05, 0.1) is 0 Å². The Morgan fingerprint density at radius 2 is 1.75 bits per heavy atom. The van der Waals surface area contributed by atoms with E-state index in [1.54, 1.807) is 0 Å². The second-order valence-corrected chi connectivity index (χ2v) is 0.0913. The fourth-order valence-electron chi connectivity index (χ4n) is 0. The molecule has 0 aromatic carbocycles. The fourth-order valence-corrected chi connectivity index (χ4v) is 0. The molecule has 0 atom stereocenters. The summed E-state index contributed by atoms with van der Waals surface area (Å²) in [6.45, 7) is 0.500. The van der Waals surface area contributed by atoms with Gasteiger partial charge in [-0.3, -0.25) is 0 Å². The maximum absolute atomic E-state index is 8.24. The molecule has 0 unspecified atom stereocenters. The Balaban J connectivity index is 0. The average Bonchev–Trinajstić information content (AvgIpc) is 0.918. The summed E-state index contributed by atoms with van der Waals surface area (Å²) in [6, 6.07) is 0. The maximum atomic E-state index is 8.24. The minimum absolute atomic E-state index is 0. The largest absolute Gasteiger partial charge is 0.473 e. The monoisotopic (exact) mass is 240 g/mol. The third kappa shape index (κ3) is 116. The molecule has 1 N–H and O–H groups in total. The predicted molar refractivity (Wildman–Crippen MR) is 8.32 cm³/mol. The molecule has 0 aromatic rings. The Hall–Kier alpha value is 0.158. The minimum Gasteiger partial charge on any atom is -0.473 e. The van der Waals surface area contributed by atoms with E-state index in [2.05, 4.69) is 0 Å². The van der Waals surface area contributed by atoms with Crippen LogP contribution in [0.2, 0.25) is 0 Å². The molecule has 0 aliphatic rings. The third-order valence-electron chi connectivity index (χ3n) is 0. The molecule has 2 nitrogen and oxygen atoms in total. The Morgan fingerprint density at radius 1 is 1.75 bits per heavy atom. The molecule has 3 heteroatoms. The van der Waals surface area contributed by atoms with E-state index in [0.29, 0.717) is 6.47 Å². The zero-order valence-corrected chi connectivity index (χ0v) is 3.94. The van der Waals surface area contributed by atoms with E-state index < -0.39 is 0 Å². The quantitative estimate of drug-likeness (QED) is 0.626. The number of rotatable bonds is 0. The molecule has 27 valence electrons. The van der Waals surface area contributed by atoms with Crippen molar-refractivity contribution in [2.24, 2.45) is 0 Å². The Kier molecular flexibility index (Phi) is 24.4. The molecule has 0 aliphatic carbocycles. The summed E-state index contributed by atoms with van der Waals surface area (Å²) in [5, 5.41) is 6.76. The van der Waals surface area contributed by atoms with Crippen LogP contribution in [0.3, 0.4) is 0 Å². The van der Waals surface area contributed by atoms with E-state index in [4.69, 9.17) is 9.90 Å². The van der Waals surface area contributed by atoms with Crippen molar-refractivity contribution in [2.45, 2.75) is 0 Å². The second kappa shape index (κ2) is 11.0. The van der Waals surface area contributed by atoms with Crippen LogP contribution in [0.5, 0.6) is 0 Å². The van der Waals surface area contributed by atoms with Crippen LogP contribution in [0.15, 0.2) is 0 Å². The van der Waals surface area contributed by atoms with Gasteiger partial charge in [-0.15, -0.1) is 0 Å². The third-order valence-corrected chi connectivity index (χ3v) is 0. The molecule has 0 fully saturated rings. The molecule has 0 saturated heterocycles. The first-order valence-corrected chi connectivity index (χ1v) is 0.428. The van der Waals surface area contributed by atoms with Crippen LogP contribution in [-0.2, 0) is 25.9 Å². The smallest absolute Gasteiger partial charge is 0.414 e. The van der Waals surface area contributed by atoms with Crippen molar-refractivity contribution in [3.05, 3.63) is 0 Å². The molecule has 0 saturated carbocycles. The van der Waals surface area contributed by atoms with Crippen molar-refractivity contribution in [2.75, 3.05) is 0 Å². The van der Waals surface area contributed by atoms with Crippen LogP contribution in [0, 0.1) is 0 Å². The van der Waals surface area contributed by atoms with Gasteiger partial charge in [0.1, 0.15) is 0 Å². The summed E-state index contributed by atoms with van der Waals surface area (Å²) >= 11 is 0. The van der Waals surface area contributed by atoms with E-state index in [1.165, 1.54) is 0 Å². The molecular formula is CHO2Pt. The minimum atomic E-state index is 0. The van der Waals surface area contributed by atoms with Crippen molar-refractivity contribution in [1.29, 1.82) is 0 Å². The van der Waals surface area contributed by atoms with Gasteiger partial charge in [0.15, 0.2) is 0 Å². The number of hydrogen-bond acceptors (Lipinski definition) is 1. The van der Waals surface area contributed by atoms with Crippen LogP contribution in [0.25, 0.3) is 0 Å². The summed E-state index contributed by atoms with van der Waals surface area (Å²) in [5.74, 6) is 0. The van der Waals surface area contributed by atoms with Crippen molar-refractivity contribution >= 4 is 6.47 Å². The molecule has 0 amide bonds. The summed E-state index contributed by atoms with van der Waals surface area (Å²) in [6.07, 6.45) is 0. The Bertz CT molecular complexity index is 13.5. The van der Waals surface area contributed by atoms with Crippen molar-refractivity contribution in [1.82, 2.24) is 0 Å². The van der Waals surface area contributed by atoms with Gasteiger partial charge in [0, 0.05) is 21.1 Å². The number of aliphatic hydroxyl groups excluding tert-OH is 1. The van der Waals surface area contributed by atoms with Gasteiger partial charge in [-0.25, -0.2) is 4.79 Å². The SMILES string of the molecule is O=[C]O.[Pt]. The van der Waals surface area contributed by atoms with Gasteiger partial charge in [0.2, 0.25) is 0 Å². The van der Waals surface area contributed by atoms with Crippen LogP contribution < -0.4 is 0 Å². The van der Waals surface area contributed by atoms with Crippen LogP contribution in [-0.4, -0.2) is 11.6 Å². The molecular weight excluding hydrogens is 239 g/mol. The molecule has 0 spiro atoms. The van der Waals surface area contributed by atoms with Crippen LogP contribution >= 0.6 is 0 Å². The van der Waals surface area contributed by atoms with E-state index in [-0.39, 0.29) is 21.1 Å². The normalized spacial score (nSPS) is 3.00. The van der Waals surface area contributed by atoms with Crippen molar-refractivity contribution in [3.8, 4) is 0 Å². The van der Waals surface area contributed by atoms with Crippen molar-refractivity contribution in [3.63, 3.8) is 0 Å². The molecule has 4 heavy (non-hydrogen) atoms. The molecule has 0 aromatic heterocycles. The van der Waals surface area contributed by atoms with Gasteiger partial charge in [-0.05, 0) is 0 Å². The predicted octanol–water partition coefficient (Wildman–Crippen LogP) is -0.391. The van der Waals surface area contributed by atoms with E-state index in [0.717, 1.165) is 0 Å². The molecule has 0 bridgehead atoms. The summed E-state index contributed by atoms with van der Waals surface area (Å²) in [7, 11) is 0. The van der Waals surface area contributed by atoms with Crippen molar-refractivity contribution < 1.29 is 31.0 Å². The molecule has 0 heterocycles. The van der Waals surface area contributed by atoms with Gasteiger partial charge in [-0.2, -0.15) is 0 Å². The van der Waals surface area contributed by atoms with Crippen LogP contribution in [0.1, 0.15) is 0 Å². The zero-order chi connectivity index (χ0) is 2.71. The number of hydrogen-bond donors (Lipinski definition) is 1. The maximum Gasteiger partial charge on any atom is 0.414 e. The average molecular weight is 240 g/mol. The summed E-state index contributed by atoms with van der Waals surface area (Å²) in [4.78, 5) is 8.24. The topological polar surface area (TPSA) is 37.3 Å².